The van der Waals surface area contributed by atoms with Crippen molar-refractivity contribution < 1.29 is 9.47 Å². The van der Waals surface area contributed by atoms with Gasteiger partial charge in [-0.25, -0.2) is 0 Å². The van der Waals surface area contributed by atoms with Gasteiger partial charge in [0, 0.05) is 0 Å². The van der Waals surface area contributed by atoms with Gasteiger partial charge in [0.15, 0.2) is 0 Å². The molecule has 1 aromatic rings. The Balaban J connectivity index is 2.69. The Hall–Kier alpha value is -1.06. The van der Waals surface area contributed by atoms with E-state index >= 15 is 0 Å². The lowest BCUT2D eigenvalue weighted by Crippen LogP contribution is -2.23. The molecule has 3 nitrogen and oxygen atoms in total. The summed E-state index contributed by atoms with van der Waals surface area (Å²) in [7, 11) is 1.95. The van der Waals surface area contributed by atoms with Crippen LogP contribution in [0.4, 0.5) is 0 Å². The van der Waals surface area contributed by atoms with E-state index in [2.05, 4.69) is 17.4 Å². The number of likely N-dealkylation sites (N-methyl/N-ethyl adjacent to an activating group) is 1. The van der Waals surface area contributed by atoms with Crippen molar-refractivity contribution in [3.8, 4) is 5.75 Å². The van der Waals surface area contributed by atoms with Crippen LogP contribution in [0.5, 0.6) is 5.75 Å². The summed E-state index contributed by atoms with van der Waals surface area (Å²) in [4.78, 5) is 0. The molecule has 3 heteroatoms. The van der Waals surface area contributed by atoms with Crippen molar-refractivity contribution in [3.05, 3.63) is 29.8 Å². The predicted molar refractivity (Wildman–Crippen MR) is 70.5 cm³/mol. The summed E-state index contributed by atoms with van der Waals surface area (Å²) in [5, 5.41) is 3.26. The van der Waals surface area contributed by atoms with E-state index in [1.165, 1.54) is 5.56 Å². The second-order valence-corrected chi connectivity index (χ2v) is 4.23. The van der Waals surface area contributed by atoms with Gasteiger partial charge in [0.25, 0.3) is 0 Å². The number of rotatable bonds is 7. The molecule has 0 radical (unpaired) electrons. The van der Waals surface area contributed by atoms with E-state index in [9.17, 15) is 0 Å². The van der Waals surface area contributed by atoms with Crippen LogP contribution in [-0.2, 0) is 4.74 Å². The largest absolute Gasteiger partial charge is 0.494 e. The summed E-state index contributed by atoms with van der Waals surface area (Å²) in [6.07, 6.45) is 0.251. The van der Waals surface area contributed by atoms with Gasteiger partial charge in [0.05, 0.1) is 25.4 Å². The van der Waals surface area contributed by atoms with Crippen LogP contribution in [0.15, 0.2) is 24.3 Å². The molecule has 17 heavy (non-hydrogen) atoms. The highest BCUT2D eigenvalue weighted by molar-refractivity contribution is 5.30. The molecule has 0 bridgehead atoms. The molecule has 0 aliphatic rings. The number of ether oxygens (including phenoxy) is 2. The smallest absolute Gasteiger partial charge is 0.119 e. The molecule has 0 amide bonds. The third-order valence-electron chi connectivity index (χ3n) is 2.52. The summed E-state index contributed by atoms with van der Waals surface area (Å²) < 4.78 is 11.1. The molecule has 0 aromatic heterocycles. The maximum atomic E-state index is 5.65. The van der Waals surface area contributed by atoms with Crippen LogP contribution in [0.1, 0.15) is 32.4 Å². The van der Waals surface area contributed by atoms with Crippen LogP contribution >= 0.6 is 0 Å². The molecule has 1 N–H and O–H groups in total. The zero-order valence-electron chi connectivity index (χ0n) is 11.2. The Morgan fingerprint density at radius 3 is 2.65 bits per heavy atom. The van der Waals surface area contributed by atoms with Crippen molar-refractivity contribution in [2.75, 3.05) is 20.3 Å². The standard InChI is InChI=1S/C14H23NO2/c1-5-16-13-8-6-7-12(9-13)14(15-4)10-17-11(2)3/h6-9,11,14-15H,5,10H2,1-4H3. The molecule has 1 aromatic carbocycles. The maximum Gasteiger partial charge on any atom is 0.119 e. The fourth-order valence-corrected chi connectivity index (χ4v) is 1.62. The third kappa shape index (κ3) is 4.75. The zero-order valence-corrected chi connectivity index (χ0v) is 11.2. The fourth-order valence-electron chi connectivity index (χ4n) is 1.62. The SMILES string of the molecule is CCOc1cccc(C(COC(C)C)NC)c1. The highest BCUT2D eigenvalue weighted by Crippen LogP contribution is 2.19. The van der Waals surface area contributed by atoms with E-state index in [0.29, 0.717) is 13.2 Å². The number of nitrogens with one attached hydrogen (secondary N) is 1. The number of benzene rings is 1. The molecule has 0 fully saturated rings. The molecule has 96 valence electrons. The van der Waals surface area contributed by atoms with Gasteiger partial charge in [-0.1, -0.05) is 12.1 Å². The summed E-state index contributed by atoms with van der Waals surface area (Å²) in [6.45, 7) is 7.44. The average molecular weight is 237 g/mol. The molecule has 0 saturated heterocycles. The molecule has 0 heterocycles. The third-order valence-corrected chi connectivity index (χ3v) is 2.52. The van der Waals surface area contributed by atoms with Gasteiger partial charge >= 0.3 is 0 Å². The van der Waals surface area contributed by atoms with E-state index in [1.54, 1.807) is 0 Å². The Morgan fingerprint density at radius 1 is 1.29 bits per heavy atom. The molecule has 0 saturated carbocycles. The summed E-state index contributed by atoms with van der Waals surface area (Å²) in [6, 6.07) is 8.35. The molecule has 0 aliphatic carbocycles. The lowest BCUT2D eigenvalue weighted by Gasteiger charge is -2.19. The second kappa shape index (κ2) is 7.30. The van der Waals surface area contributed by atoms with E-state index in [0.717, 1.165) is 5.75 Å². The van der Waals surface area contributed by atoms with Gasteiger partial charge in [-0.15, -0.1) is 0 Å². The molecular formula is C14H23NO2. The van der Waals surface area contributed by atoms with Crippen molar-refractivity contribution in [1.29, 1.82) is 0 Å². The highest BCUT2D eigenvalue weighted by atomic mass is 16.5. The quantitative estimate of drug-likeness (QED) is 0.791. The van der Waals surface area contributed by atoms with E-state index < -0.39 is 0 Å². The van der Waals surface area contributed by atoms with Gasteiger partial charge in [-0.05, 0) is 45.5 Å². The first-order valence-electron chi connectivity index (χ1n) is 6.19. The molecule has 1 rings (SSSR count). The fraction of sp³-hybridized carbons (Fsp3) is 0.571. The van der Waals surface area contributed by atoms with Gasteiger partial charge in [0.2, 0.25) is 0 Å². The number of hydrogen-bond acceptors (Lipinski definition) is 3. The first kappa shape index (κ1) is 14.0. The summed E-state index contributed by atoms with van der Waals surface area (Å²) in [5.41, 5.74) is 1.19. The normalized spacial score (nSPS) is 12.8. The Morgan fingerprint density at radius 2 is 2.06 bits per heavy atom. The minimum absolute atomic E-state index is 0.206. The van der Waals surface area contributed by atoms with Gasteiger partial charge in [0.1, 0.15) is 5.75 Å². The summed E-state index contributed by atoms with van der Waals surface area (Å²) >= 11 is 0. The monoisotopic (exact) mass is 237 g/mol. The minimum Gasteiger partial charge on any atom is -0.494 e. The molecule has 0 spiro atoms. The van der Waals surface area contributed by atoms with Crippen LogP contribution in [0.2, 0.25) is 0 Å². The van der Waals surface area contributed by atoms with Crippen molar-refractivity contribution in [2.45, 2.75) is 32.9 Å². The Labute approximate surface area is 104 Å². The van der Waals surface area contributed by atoms with Gasteiger partial charge in [-0.3, -0.25) is 0 Å². The van der Waals surface area contributed by atoms with Crippen molar-refractivity contribution in [1.82, 2.24) is 5.32 Å². The maximum absolute atomic E-state index is 5.65. The molecule has 1 unspecified atom stereocenters. The lowest BCUT2D eigenvalue weighted by molar-refractivity contribution is 0.0626. The second-order valence-electron chi connectivity index (χ2n) is 4.23. The molecule has 1 atom stereocenters. The summed E-state index contributed by atoms with van der Waals surface area (Å²) in [5.74, 6) is 0.912. The van der Waals surface area contributed by atoms with E-state index in [4.69, 9.17) is 9.47 Å². The van der Waals surface area contributed by atoms with Crippen LogP contribution in [0.3, 0.4) is 0 Å². The van der Waals surface area contributed by atoms with Crippen LogP contribution < -0.4 is 10.1 Å². The van der Waals surface area contributed by atoms with Crippen LogP contribution in [0, 0.1) is 0 Å². The van der Waals surface area contributed by atoms with Crippen LogP contribution in [-0.4, -0.2) is 26.4 Å². The first-order chi connectivity index (χ1) is 8.17. The lowest BCUT2D eigenvalue weighted by atomic mass is 10.1. The number of hydrogen-bond donors (Lipinski definition) is 1. The minimum atomic E-state index is 0.206. The Bertz CT molecular complexity index is 326. The van der Waals surface area contributed by atoms with Crippen molar-refractivity contribution in [3.63, 3.8) is 0 Å². The molecule has 0 aliphatic heterocycles. The van der Waals surface area contributed by atoms with E-state index in [1.807, 2.05) is 40.0 Å². The first-order valence-corrected chi connectivity index (χ1v) is 6.19. The Kier molecular flexibility index (Phi) is 6.01. The van der Waals surface area contributed by atoms with Gasteiger partial charge in [-0.2, -0.15) is 0 Å². The highest BCUT2D eigenvalue weighted by Gasteiger charge is 2.10. The van der Waals surface area contributed by atoms with Gasteiger partial charge < -0.3 is 14.8 Å². The van der Waals surface area contributed by atoms with Crippen molar-refractivity contribution in [2.24, 2.45) is 0 Å². The predicted octanol–water partition coefficient (Wildman–Crippen LogP) is 2.77. The molecular weight excluding hydrogens is 214 g/mol. The van der Waals surface area contributed by atoms with Crippen LogP contribution in [0.25, 0.3) is 0 Å². The van der Waals surface area contributed by atoms with E-state index in [-0.39, 0.29) is 12.1 Å². The zero-order chi connectivity index (χ0) is 12.7. The average Bonchev–Trinajstić information content (AvgIpc) is 2.30. The topological polar surface area (TPSA) is 30.5 Å². The van der Waals surface area contributed by atoms with Crippen molar-refractivity contribution >= 4 is 0 Å².